The van der Waals surface area contributed by atoms with Crippen molar-refractivity contribution in [2.24, 2.45) is 0 Å². The predicted molar refractivity (Wildman–Crippen MR) is 104 cm³/mol. The number of ether oxygens (including phenoxy) is 1. The van der Waals surface area contributed by atoms with E-state index in [9.17, 15) is 4.79 Å². The quantitative estimate of drug-likeness (QED) is 0.581. The zero-order valence-electron chi connectivity index (χ0n) is 15.8. The van der Waals surface area contributed by atoms with Crippen LogP contribution in [-0.2, 0) is 11.2 Å². The zero-order chi connectivity index (χ0) is 19.1. The fourth-order valence-electron chi connectivity index (χ4n) is 2.77. The summed E-state index contributed by atoms with van der Waals surface area (Å²) in [6.45, 7) is 4.94. The number of carbonyl (C=O) groups is 1. The van der Waals surface area contributed by atoms with Gasteiger partial charge in [-0.25, -0.2) is 0 Å². The van der Waals surface area contributed by atoms with E-state index in [0.717, 1.165) is 16.5 Å². The number of hydrogen-bond acceptors (Lipinski definition) is 5. The number of amides is 1. The summed E-state index contributed by atoms with van der Waals surface area (Å²) in [6.07, 6.45) is 1.71. The maximum absolute atomic E-state index is 11.9. The van der Waals surface area contributed by atoms with Crippen molar-refractivity contribution in [3.05, 3.63) is 54.2 Å². The van der Waals surface area contributed by atoms with Crippen molar-refractivity contribution in [1.29, 1.82) is 0 Å². The second kappa shape index (κ2) is 9.16. The van der Waals surface area contributed by atoms with Crippen LogP contribution in [0.2, 0.25) is 0 Å². The van der Waals surface area contributed by atoms with Crippen molar-refractivity contribution < 1.29 is 14.1 Å². The number of aryl methyl sites for hydroxylation is 1. The molecule has 3 aromatic rings. The molecular formula is C21H25N3O3. The zero-order valence-corrected chi connectivity index (χ0v) is 15.8. The summed E-state index contributed by atoms with van der Waals surface area (Å²) in [7, 11) is 0. The van der Waals surface area contributed by atoms with Gasteiger partial charge in [-0.2, -0.15) is 4.98 Å². The van der Waals surface area contributed by atoms with Gasteiger partial charge >= 0.3 is 0 Å². The van der Waals surface area contributed by atoms with Crippen LogP contribution in [0.3, 0.4) is 0 Å². The van der Waals surface area contributed by atoms with Gasteiger partial charge in [0.25, 0.3) is 0 Å². The SMILES string of the molecule is CC(C)c1noc(CCCC(=O)NCCOc2cccc3ccccc23)n1. The third-order valence-electron chi connectivity index (χ3n) is 4.23. The Kier molecular flexibility index (Phi) is 6.41. The van der Waals surface area contributed by atoms with Crippen molar-refractivity contribution >= 4 is 16.7 Å². The van der Waals surface area contributed by atoms with E-state index in [2.05, 4.69) is 27.6 Å². The molecule has 1 amide bonds. The molecule has 0 saturated heterocycles. The van der Waals surface area contributed by atoms with E-state index >= 15 is 0 Å². The highest BCUT2D eigenvalue weighted by atomic mass is 16.5. The molecule has 2 aromatic carbocycles. The molecule has 1 aromatic heterocycles. The van der Waals surface area contributed by atoms with E-state index in [4.69, 9.17) is 9.26 Å². The van der Waals surface area contributed by atoms with Crippen LogP contribution in [0.25, 0.3) is 10.8 Å². The van der Waals surface area contributed by atoms with Gasteiger partial charge in [-0.05, 0) is 17.9 Å². The summed E-state index contributed by atoms with van der Waals surface area (Å²) in [5, 5.41) is 9.02. The van der Waals surface area contributed by atoms with Crippen LogP contribution >= 0.6 is 0 Å². The van der Waals surface area contributed by atoms with E-state index in [1.54, 1.807) is 0 Å². The summed E-state index contributed by atoms with van der Waals surface area (Å²) < 4.78 is 11.0. The van der Waals surface area contributed by atoms with Crippen molar-refractivity contribution in [2.75, 3.05) is 13.2 Å². The lowest BCUT2D eigenvalue weighted by Gasteiger charge is -2.10. The minimum Gasteiger partial charge on any atom is -0.491 e. The number of aromatic nitrogens is 2. The minimum absolute atomic E-state index is 0.000109. The second-order valence-electron chi connectivity index (χ2n) is 6.73. The molecule has 27 heavy (non-hydrogen) atoms. The van der Waals surface area contributed by atoms with E-state index in [1.807, 2.05) is 44.2 Å². The van der Waals surface area contributed by atoms with Gasteiger partial charge in [-0.15, -0.1) is 0 Å². The number of carbonyl (C=O) groups excluding carboxylic acids is 1. The molecule has 0 aliphatic carbocycles. The molecular weight excluding hydrogens is 342 g/mol. The van der Waals surface area contributed by atoms with Gasteiger partial charge in [0, 0.05) is 24.1 Å². The number of benzene rings is 2. The molecule has 0 fully saturated rings. The lowest BCUT2D eigenvalue weighted by molar-refractivity contribution is -0.121. The van der Waals surface area contributed by atoms with Crippen LogP contribution < -0.4 is 10.1 Å². The molecule has 0 aliphatic rings. The van der Waals surface area contributed by atoms with Gasteiger partial charge in [0.2, 0.25) is 11.8 Å². The van der Waals surface area contributed by atoms with Crippen LogP contribution in [0.4, 0.5) is 0 Å². The van der Waals surface area contributed by atoms with Gasteiger partial charge in [-0.3, -0.25) is 4.79 Å². The van der Waals surface area contributed by atoms with E-state index < -0.39 is 0 Å². The Morgan fingerprint density at radius 3 is 2.81 bits per heavy atom. The van der Waals surface area contributed by atoms with Crippen LogP contribution in [0.1, 0.15) is 44.3 Å². The van der Waals surface area contributed by atoms with Gasteiger partial charge in [0.05, 0.1) is 6.54 Å². The maximum Gasteiger partial charge on any atom is 0.226 e. The Morgan fingerprint density at radius 2 is 2.00 bits per heavy atom. The van der Waals surface area contributed by atoms with Crippen LogP contribution in [-0.4, -0.2) is 29.2 Å². The molecule has 0 spiro atoms. The molecule has 6 heteroatoms. The number of nitrogens with one attached hydrogen (secondary N) is 1. The van der Waals surface area contributed by atoms with Crippen LogP contribution in [0.5, 0.6) is 5.75 Å². The lowest BCUT2D eigenvalue weighted by atomic mass is 10.1. The molecule has 0 atom stereocenters. The molecule has 3 rings (SSSR count). The van der Waals surface area contributed by atoms with Crippen molar-refractivity contribution in [2.45, 2.75) is 39.0 Å². The second-order valence-corrected chi connectivity index (χ2v) is 6.73. The molecule has 0 radical (unpaired) electrons. The molecule has 0 unspecified atom stereocenters. The number of hydrogen-bond donors (Lipinski definition) is 1. The Balaban J connectivity index is 1.35. The van der Waals surface area contributed by atoms with Gasteiger partial charge < -0.3 is 14.6 Å². The Hall–Kier alpha value is -2.89. The standard InChI is InChI=1S/C21H25N3O3/c1-15(2)21-23-20(27-24-21)12-6-11-19(25)22-13-14-26-18-10-5-8-16-7-3-4-9-17(16)18/h3-5,7-10,15H,6,11-14H2,1-2H3,(H,22,25). The van der Waals surface area contributed by atoms with Gasteiger partial charge in [0.1, 0.15) is 12.4 Å². The summed E-state index contributed by atoms with van der Waals surface area (Å²) in [6, 6.07) is 14.0. The topological polar surface area (TPSA) is 77.2 Å². The Bertz CT molecular complexity index is 884. The first-order chi connectivity index (χ1) is 13.1. The minimum atomic E-state index is 0.000109. The van der Waals surface area contributed by atoms with Crippen molar-refractivity contribution in [3.8, 4) is 5.75 Å². The summed E-state index contributed by atoms with van der Waals surface area (Å²) in [4.78, 5) is 16.2. The first-order valence-corrected chi connectivity index (χ1v) is 9.33. The number of nitrogens with zero attached hydrogens (tertiary/aromatic N) is 2. The van der Waals surface area contributed by atoms with Gasteiger partial charge in [0.15, 0.2) is 5.82 Å². The summed E-state index contributed by atoms with van der Waals surface area (Å²) in [5.74, 6) is 2.37. The molecule has 0 aliphatic heterocycles. The molecule has 6 nitrogen and oxygen atoms in total. The average Bonchev–Trinajstić information content (AvgIpc) is 3.14. The summed E-state index contributed by atoms with van der Waals surface area (Å²) >= 11 is 0. The van der Waals surface area contributed by atoms with E-state index in [1.165, 1.54) is 0 Å². The molecule has 0 saturated carbocycles. The van der Waals surface area contributed by atoms with Crippen molar-refractivity contribution in [3.63, 3.8) is 0 Å². The first-order valence-electron chi connectivity index (χ1n) is 9.33. The predicted octanol–water partition coefficient (Wildman–Crippen LogP) is 3.86. The third kappa shape index (κ3) is 5.29. The molecule has 142 valence electrons. The summed E-state index contributed by atoms with van der Waals surface area (Å²) in [5.41, 5.74) is 0. The fourth-order valence-corrected chi connectivity index (χ4v) is 2.77. The first kappa shape index (κ1) is 18.9. The third-order valence-corrected chi connectivity index (χ3v) is 4.23. The van der Waals surface area contributed by atoms with E-state index in [0.29, 0.717) is 44.1 Å². The maximum atomic E-state index is 11.9. The number of fused-ring (bicyclic) bond motifs is 1. The highest BCUT2D eigenvalue weighted by Crippen LogP contribution is 2.24. The molecule has 1 N–H and O–H groups in total. The van der Waals surface area contributed by atoms with Gasteiger partial charge in [-0.1, -0.05) is 55.4 Å². The van der Waals surface area contributed by atoms with Crippen LogP contribution in [0.15, 0.2) is 47.0 Å². The lowest BCUT2D eigenvalue weighted by Crippen LogP contribution is -2.27. The normalized spacial score (nSPS) is 11.1. The molecule has 0 bridgehead atoms. The molecule has 1 heterocycles. The average molecular weight is 367 g/mol. The highest BCUT2D eigenvalue weighted by Gasteiger charge is 2.10. The Morgan fingerprint density at radius 1 is 1.19 bits per heavy atom. The Labute approximate surface area is 158 Å². The smallest absolute Gasteiger partial charge is 0.226 e. The van der Waals surface area contributed by atoms with Crippen LogP contribution in [0, 0.1) is 0 Å². The van der Waals surface area contributed by atoms with Crippen molar-refractivity contribution in [1.82, 2.24) is 15.5 Å². The fraction of sp³-hybridized carbons (Fsp3) is 0.381. The highest BCUT2D eigenvalue weighted by molar-refractivity contribution is 5.88. The van der Waals surface area contributed by atoms with E-state index in [-0.39, 0.29) is 11.8 Å². The number of rotatable bonds is 9. The largest absolute Gasteiger partial charge is 0.491 e. The monoisotopic (exact) mass is 367 g/mol.